The van der Waals surface area contributed by atoms with E-state index in [4.69, 9.17) is 10.7 Å². The molecule has 3 aromatic rings. The lowest BCUT2D eigenvalue weighted by Crippen LogP contribution is -2.51. The molecular weight excluding hydrogens is 482 g/mol. The van der Waals surface area contributed by atoms with Crippen molar-refractivity contribution in [2.75, 3.05) is 43.8 Å². The van der Waals surface area contributed by atoms with Gasteiger partial charge in [0.2, 0.25) is 11.9 Å². The molecule has 0 aliphatic carbocycles. The third-order valence-corrected chi connectivity index (χ3v) is 7.75. The van der Waals surface area contributed by atoms with Crippen LogP contribution in [0.5, 0.6) is 0 Å². The number of nitrogen functional groups attached to an aromatic ring is 1. The number of pyridine rings is 1. The van der Waals surface area contributed by atoms with Crippen LogP contribution in [0.2, 0.25) is 0 Å². The second-order valence-electron chi connectivity index (χ2n) is 10.2. The number of aromatic nitrogens is 5. The van der Waals surface area contributed by atoms with E-state index in [1.807, 2.05) is 23.1 Å². The highest BCUT2D eigenvalue weighted by atomic mass is 16.3. The molecule has 0 saturated carbocycles. The van der Waals surface area contributed by atoms with E-state index in [-0.39, 0.29) is 23.8 Å². The number of aliphatic hydroxyl groups is 1. The average Bonchev–Trinajstić information content (AvgIpc) is 3.34. The number of imidazole rings is 1. The van der Waals surface area contributed by atoms with Gasteiger partial charge in [0.05, 0.1) is 12.0 Å². The van der Waals surface area contributed by atoms with Crippen molar-refractivity contribution in [3.8, 4) is 11.5 Å². The summed E-state index contributed by atoms with van der Waals surface area (Å²) in [5.41, 5.74) is 8.28. The summed E-state index contributed by atoms with van der Waals surface area (Å²) in [6.07, 6.45) is 10.9. The number of hydrogen-bond donors (Lipinski definition) is 3. The molecule has 4 N–H and O–H groups in total. The molecule has 3 aliphatic heterocycles. The highest BCUT2D eigenvalue weighted by molar-refractivity contribution is 5.79. The Hall–Kier alpha value is -3.83. The molecule has 2 saturated heterocycles. The second kappa shape index (κ2) is 10.5. The quantitative estimate of drug-likeness (QED) is 0.464. The van der Waals surface area contributed by atoms with Crippen LogP contribution in [-0.2, 0) is 11.3 Å². The molecule has 198 valence electrons. The summed E-state index contributed by atoms with van der Waals surface area (Å²) in [7, 11) is 0. The van der Waals surface area contributed by atoms with Gasteiger partial charge in [0, 0.05) is 62.9 Å². The van der Waals surface area contributed by atoms with Crippen LogP contribution in [0.25, 0.3) is 17.6 Å². The van der Waals surface area contributed by atoms with E-state index in [1.54, 1.807) is 18.6 Å². The fraction of sp³-hybridized carbons (Fsp3) is 0.444. The van der Waals surface area contributed by atoms with Crippen molar-refractivity contribution >= 4 is 23.7 Å². The number of rotatable bonds is 5. The Bertz CT molecular complexity index is 1300. The van der Waals surface area contributed by atoms with Gasteiger partial charge in [0.15, 0.2) is 5.82 Å². The maximum atomic E-state index is 13.4. The van der Waals surface area contributed by atoms with Crippen molar-refractivity contribution in [2.45, 2.75) is 38.0 Å². The highest BCUT2D eigenvalue weighted by Gasteiger charge is 2.37. The molecule has 2 atom stereocenters. The molecule has 38 heavy (non-hydrogen) atoms. The summed E-state index contributed by atoms with van der Waals surface area (Å²) in [6.45, 7) is 3.89. The fourth-order valence-corrected chi connectivity index (χ4v) is 5.81. The number of β-amino-alcohol motifs (C(OH)–C–C–N with tert-alkyl or cyclic N) is 1. The summed E-state index contributed by atoms with van der Waals surface area (Å²) >= 11 is 0. The first kappa shape index (κ1) is 24.5. The summed E-state index contributed by atoms with van der Waals surface area (Å²) in [4.78, 5) is 35.0. The van der Waals surface area contributed by atoms with E-state index in [2.05, 4.69) is 41.9 Å². The SMILES string of the molecule is Nc1ncc(CN2CCC(C(=O)N3CCC(n4c(-c5ccccn5)nc5c4NCC=C5)CC3)C(O)C2)cn1. The van der Waals surface area contributed by atoms with Crippen LogP contribution in [-0.4, -0.2) is 84.1 Å². The minimum Gasteiger partial charge on any atom is -0.391 e. The van der Waals surface area contributed by atoms with Crippen molar-refractivity contribution in [1.29, 1.82) is 0 Å². The van der Waals surface area contributed by atoms with Crippen LogP contribution in [0, 0.1) is 5.92 Å². The van der Waals surface area contributed by atoms with Gasteiger partial charge in [-0.05, 0) is 44.0 Å². The fourth-order valence-electron chi connectivity index (χ4n) is 5.81. The normalized spacial score (nSPS) is 22.2. The molecule has 0 aromatic carbocycles. The number of carbonyl (C=O) groups is 1. The number of aliphatic hydroxyl groups excluding tert-OH is 1. The third-order valence-electron chi connectivity index (χ3n) is 7.75. The average molecular weight is 516 g/mol. The number of nitrogens with one attached hydrogen (secondary N) is 1. The second-order valence-corrected chi connectivity index (χ2v) is 10.2. The smallest absolute Gasteiger partial charge is 0.228 e. The molecule has 0 radical (unpaired) electrons. The van der Waals surface area contributed by atoms with Crippen molar-refractivity contribution in [3.05, 3.63) is 54.1 Å². The van der Waals surface area contributed by atoms with E-state index >= 15 is 0 Å². The van der Waals surface area contributed by atoms with Gasteiger partial charge in [-0.25, -0.2) is 15.0 Å². The zero-order valence-electron chi connectivity index (χ0n) is 21.3. The molecule has 0 bridgehead atoms. The van der Waals surface area contributed by atoms with Crippen LogP contribution in [0.4, 0.5) is 11.8 Å². The zero-order chi connectivity index (χ0) is 26.1. The lowest BCUT2D eigenvalue weighted by Gasteiger charge is -2.40. The van der Waals surface area contributed by atoms with E-state index in [1.165, 1.54) is 0 Å². The molecule has 3 aliphatic rings. The van der Waals surface area contributed by atoms with Crippen LogP contribution in [0.15, 0.2) is 42.9 Å². The molecule has 0 spiro atoms. The molecule has 11 heteroatoms. The van der Waals surface area contributed by atoms with Crippen LogP contribution in [0.3, 0.4) is 0 Å². The largest absolute Gasteiger partial charge is 0.391 e. The van der Waals surface area contributed by atoms with Crippen molar-refractivity contribution in [2.24, 2.45) is 5.92 Å². The predicted octanol–water partition coefficient (Wildman–Crippen LogP) is 1.80. The van der Waals surface area contributed by atoms with Crippen LogP contribution < -0.4 is 11.1 Å². The van der Waals surface area contributed by atoms with Gasteiger partial charge < -0.3 is 25.6 Å². The van der Waals surface area contributed by atoms with Gasteiger partial charge in [-0.15, -0.1) is 0 Å². The van der Waals surface area contributed by atoms with Crippen LogP contribution in [0.1, 0.15) is 36.6 Å². The van der Waals surface area contributed by atoms with Crippen molar-refractivity contribution in [1.82, 2.24) is 34.3 Å². The number of fused-ring (bicyclic) bond motifs is 1. The summed E-state index contributed by atoms with van der Waals surface area (Å²) < 4.78 is 2.28. The van der Waals surface area contributed by atoms with Gasteiger partial charge >= 0.3 is 0 Å². The number of anilines is 2. The number of nitrogens with zero attached hydrogens (tertiary/aromatic N) is 7. The number of amides is 1. The molecule has 3 aromatic heterocycles. The Morgan fingerprint density at radius 1 is 1.11 bits per heavy atom. The van der Waals surface area contributed by atoms with Gasteiger partial charge in [-0.3, -0.25) is 14.7 Å². The number of hydrogen-bond acceptors (Lipinski definition) is 9. The van der Waals surface area contributed by atoms with E-state index in [9.17, 15) is 9.90 Å². The van der Waals surface area contributed by atoms with Gasteiger partial charge in [0.1, 0.15) is 17.2 Å². The van der Waals surface area contributed by atoms with Gasteiger partial charge in [-0.1, -0.05) is 12.1 Å². The molecular formula is C27H33N9O2. The highest BCUT2D eigenvalue weighted by Crippen LogP contribution is 2.36. The number of carbonyl (C=O) groups excluding carboxylic acids is 1. The molecule has 1 amide bonds. The lowest BCUT2D eigenvalue weighted by atomic mass is 9.91. The maximum Gasteiger partial charge on any atom is 0.228 e. The van der Waals surface area contributed by atoms with E-state index in [0.29, 0.717) is 32.6 Å². The van der Waals surface area contributed by atoms with Gasteiger partial charge in [0.25, 0.3) is 0 Å². The Kier molecular flexibility index (Phi) is 6.77. The van der Waals surface area contributed by atoms with Crippen LogP contribution >= 0.6 is 0 Å². The maximum absolute atomic E-state index is 13.4. The molecule has 2 unspecified atom stereocenters. The minimum absolute atomic E-state index is 0.0603. The summed E-state index contributed by atoms with van der Waals surface area (Å²) in [6, 6.07) is 6.08. The minimum atomic E-state index is -0.698. The van der Waals surface area contributed by atoms with Crippen molar-refractivity contribution in [3.63, 3.8) is 0 Å². The monoisotopic (exact) mass is 515 g/mol. The summed E-state index contributed by atoms with van der Waals surface area (Å²) in [5.74, 6) is 1.81. The number of nitrogens with two attached hydrogens (primary N) is 1. The van der Waals surface area contributed by atoms with E-state index in [0.717, 1.165) is 54.5 Å². The first-order valence-corrected chi connectivity index (χ1v) is 13.3. The Morgan fingerprint density at radius 3 is 2.66 bits per heavy atom. The lowest BCUT2D eigenvalue weighted by molar-refractivity contribution is -0.143. The topological polar surface area (TPSA) is 138 Å². The zero-order valence-corrected chi connectivity index (χ0v) is 21.3. The predicted molar refractivity (Wildman–Crippen MR) is 144 cm³/mol. The Morgan fingerprint density at radius 2 is 1.92 bits per heavy atom. The first-order chi connectivity index (χ1) is 18.6. The Labute approximate surface area is 221 Å². The van der Waals surface area contributed by atoms with E-state index < -0.39 is 6.10 Å². The van der Waals surface area contributed by atoms with Crippen molar-refractivity contribution < 1.29 is 9.90 Å². The third kappa shape index (κ3) is 4.86. The summed E-state index contributed by atoms with van der Waals surface area (Å²) in [5, 5.41) is 14.4. The standard InChI is InChI=1S/C27H33N9O2/c28-27-31-14-18(15-32-27)16-34-11-8-20(23(37)17-34)26(38)35-12-6-19(7-13-35)36-24-22(5-3-10-30-24)33-25(36)21-4-1-2-9-29-21/h1-5,9,14-15,19-20,23,30,37H,6-8,10-13,16-17H2,(H2,28,31,32). The number of likely N-dealkylation sites (tertiary alicyclic amines) is 2. The number of piperidine rings is 2. The molecule has 2 fully saturated rings. The molecule has 11 nitrogen and oxygen atoms in total. The first-order valence-electron chi connectivity index (χ1n) is 13.3. The molecule has 6 heterocycles. The molecule has 6 rings (SSSR count). The van der Waals surface area contributed by atoms with Gasteiger partial charge in [-0.2, -0.15) is 0 Å². The Balaban J connectivity index is 1.10.